The molecule has 3 rings (SSSR count). The highest BCUT2D eigenvalue weighted by Crippen LogP contribution is 2.66. The zero-order valence-electron chi connectivity index (χ0n) is 16.2. The van der Waals surface area contributed by atoms with Gasteiger partial charge in [0.2, 0.25) is 0 Å². The Kier molecular flexibility index (Phi) is 6.79. The van der Waals surface area contributed by atoms with E-state index in [1.165, 1.54) is 17.0 Å². The summed E-state index contributed by atoms with van der Waals surface area (Å²) in [6, 6.07) is 0. The molecule has 2 aromatic rings. The molecule has 5 N–H and O–H groups in total. The Morgan fingerprint density at radius 2 is 1.84 bits per heavy atom. The Morgan fingerprint density at radius 3 is 2.47 bits per heavy atom. The van der Waals surface area contributed by atoms with Gasteiger partial charge in [0.1, 0.15) is 24.6 Å². The van der Waals surface area contributed by atoms with Crippen LogP contribution in [0.15, 0.2) is 12.5 Å². The number of halogens is 1. The number of hydrogen-bond donors (Lipinski definition) is 5. The lowest BCUT2D eigenvalue weighted by Gasteiger charge is -2.23. The standard InChI is InChI=1S/C12H18FN4O12P3/c1-6-11-14-3-7(17(11)16-5-15-6)10-12(2,13)9(18)8(27-10)4-26-31(22,23)29-32(24,25)28-30(19,20)21/h3,5,8-10,18H,4H2,1-2H3,(H,22,23)(H,24,25)(H2,19,20,21)/t8-,9-,10+,12-/m1/s1. The summed E-state index contributed by atoms with van der Waals surface area (Å²) in [7, 11) is -16.8. The highest BCUT2D eigenvalue weighted by Gasteiger charge is 2.56. The molecule has 20 heteroatoms. The number of aromatic nitrogens is 4. The smallest absolute Gasteiger partial charge is 0.387 e. The number of nitrogens with zero attached hydrogens (tertiary/aromatic N) is 4. The minimum atomic E-state index is -5.73. The van der Waals surface area contributed by atoms with Crippen LogP contribution in [0.2, 0.25) is 0 Å². The molecule has 0 amide bonds. The first-order valence-corrected chi connectivity index (χ1v) is 13.0. The Labute approximate surface area is 178 Å². The third-order valence-electron chi connectivity index (χ3n) is 4.35. The zero-order chi connectivity index (χ0) is 24.1. The summed E-state index contributed by atoms with van der Waals surface area (Å²) in [5, 5.41) is 14.3. The van der Waals surface area contributed by atoms with Gasteiger partial charge >= 0.3 is 23.5 Å². The van der Waals surface area contributed by atoms with E-state index in [0.717, 1.165) is 6.92 Å². The molecule has 2 aromatic heterocycles. The van der Waals surface area contributed by atoms with E-state index in [1.54, 1.807) is 6.92 Å². The van der Waals surface area contributed by atoms with Crippen LogP contribution in [0, 0.1) is 6.92 Å². The van der Waals surface area contributed by atoms with Crippen molar-refractivity contribution in [3.63, 3.8) is 0 Å². The van der Waals surface area contributed by atoms with Crippen molar-refractivity contribution in [1.82, 2.24) is 19.6 Å². The monoisotopic (exact) mass is 522 g/mol. The van der Waals surface area contributed by atoms with E-state index in [0.29, 0.717) is 11.3 Å². The average Bonchev–Trinajstić information content (AvgIpc) is 3.11. The Bertz CT molecular complexity index is 1150. The van der Waals surface area contributed by atoms with Gasteiger partial charge < -0.3 is 29.4 Å². The van der Waals surface area contributed by atoms with E-state index < -0.39 is 54.1 Å². The molecule has 0 spiro atoms. The van der Waals surface area contributed by atoms with Crippen LogP contribution in [0.4, 0.5) is 4.39 Å². The fourth-order valence-corrected chi connectivity index (χ4v) is 6.02. The number of imidazole rings is 1. The number of hydrogen-bond acceptors (Lipinski definition) is 11. The number of fused-ring (bicyclic) bond motifs is 1. The van der Waals surface area contributed by atoms with Gasteiger partial charge in [0, 0.05) is 0 Å². The summed E-state index contributed by atoms with van der Waals surface area (Å²) in [4.78, 5) is 43.7. The van der Waals surface area contributed by atoms with Gasteiger partial charge in [-0.3, -0.25) is 4.52 Å². The molecule has 1 aliphatic rings. The highest BCUT2D eigenvalue weighted by atomic mass is 31.3. The lowest BCUT2D eigenvalue weighted by atomic mass is 9.93. The summed E-state index contributed by atoms with van der Waals surface area (Å²) in [5.74, 6) is 0. The normalized spacial score (nSPS) is 30.3. The van der Waals surface area contributed by atoms with E-state index in [-0.39, 0.29) is 5.69 Å². The molecule has 1 fully saturated rings. The van der Waals surface area contributed by atoms with Gasteiger partial charge in [0.25, 0.3) is 0 Å². The second-order valence-corrected chi connectivity index (χ2v) is 11.2. The maximum Gasteiger partial charge on any atom is 0.490 e. The number of ether oxygens (including phenoxy) is 1. The first kappa shape index (κ1) is 25.4. The SMILES string of the molecule is Cc1ncnn2c([C@@H]3O[C@H](COP(=O)(O)OP(=O)(O)OP(=O)(O)O)[C@@H](O)[C@@]3(C)F)cnc12. The van der Waals surface area contributed by atoms with Crippen molar-refractivity contribution >= 4 is 29.1 Å². The van der Waals surface area contributed by atoms with Crippen LogP contribution in [-0.4, -0.2) is 68.7 Å². The van der Waals surface area contributed by atoms with Crippen molar-refractivity contribution in [3.05, 3.63) is 23.9 Å². The predicted octanol–water partition coefficient (Wildman–Crippen LogP) is 0.305. The van der Waals surface area contributed by atoms with Crippen molar-refractivity contribution in [2.75, 3.05) is 6.61 Å². The molecule has 6 atom stereocenters. The first-order chi connectivity index (χ1) is 14.5. The van der Waals surface area contributed by atoms with Gasteiger partial charge in [-0.05, 0) is 13.8 Å². The predicted molar refractivity (Wildman–Crippen MR) is 98.5 cm³/mol. The van der Waals surface area contributed by atoms with Gasteiger partial charge in [-0.15, -0.1) is 0 Å². The second-order valence-electron chi connectivity index (χ2n) is 6.80. The molecular formula is C12H18FN4O12P3. The number of phosphoric ester groups is 1. The number of aryl methyl sites for hydroxylation is 1. The molecule has 16 nitrogen and oxygen atoms in total. The summed E-state index contributed by atoms with van der Waals surface area (Å²) >= 11 is 0. The lowest BCUT2D eigenvalue weighted by Crippen LogP contribution is -2.39. The maximum atomic E-state index is 15.3. The average molecular weight is 522 g/mol. The zero-order valence-corrected chi connectivity index (χ0v) is 18.9. The molecular weight excluding hydrogens is 504 g/mol. The molecule has 32 heavy (non-hydrogen) atoms. The highest BCUT2D eigenvalue weighted by molar-refractivity contribution is 7.66. The van der Waals surface area contributed by atoms with Gasteiger partial charge in [-0.1, -0.05) is 0 Å². The Hall–Kier alpha value is -1.19. The van der Waals surface area contributed by atoms with Gasteiger partial charge in [-0.2, -0.15) is 13.7 Å². The molecule has 180 valence electrons. The minimum absolute atomic E-state index is 0.0929. The van der Waals surface area contributed by atoms with E-state index in [2.05, 4.69) is 28.2 Å². The Morgan fingerprint density at radius 1 is 1.19 bits per heavy atom. The van der Waals surface area contributed by atoms with Crippen molar-refractivity contribution in [2.45, 2.75) is 37.8 Å². The van der Waals surface area contributed by atoms with E-state index >= 15 is 4.39 Å². The van der Waals surface area contributed by atoms with Gasteiger partial charge in [0.05, 0.1) is 24.2 Å². The fraction of sp³-hybridized carbons (Fsp3) is 0.583. The molecule has 0 bridgehead atoms. The van der Waals surface area contributed by atoms with Crippen LogP contribution < -0.4 is 0 Å². The van der Waals surface area contributed by atoms with Crippen LogP contribution >= 0.6 is 23.5 Å². The van der Waals surface area contributed by atoms with Crippen molar-refractivity contribution in [3.8, 4) is 0 Å². The van der Waals surface area contributed by atoms with E-state index in [4.69, 9.17) is 19.4 Å². The topological polar surface area (TPSA) is 232 Å². The number of aliphatic hydroxyl groups is 1. The van der Waals surface area contributed by atoms with E-state index in [9.17, 15) is 23.7 Å². The lowest BCUT2D eigenvalue weighted by molar-refractivity contribution is -0.0243. The van der Waals surface area contributed by atoms with Crippen LogP contribution in [0.3, 0.4) is 0 Å². The third-order valence-corrected chi connectivity index (χ3v) is 8.15. The molecule has 0 aliphatic carbocycles. The number of phosphoric acid groups is 3. The molecule has 1 aliphatic heterocycles. The fourth-order valence-electron chi connectivity index (χ4n) is 2.99. The van der Waals surface area contributed by atoms with Crippen LogP contribution in [-0.2, 0) is 31.6 Å². The number of alkyl halides is 1. The quantitative estimate of drug-likeness (QED) is 0.294. The Balaban J connectivity index is 1.74. The van der Waals surface area contributed by atoms with Crippen LogP contribution in [0.5, 0.6) is 0 Å². The second kappa shape index (κ2) is 8.55. The molecule has 2 unspecified atom stereocenters. The first-order valence-electron chi connectivity index (χ1n) is 8.48. The van der Waals surface area contributed by atoms with Gasteiger partial charge in [-0.25, -0.2) is 32.6 Å². The van der Waals surface area contributed by atoms with Crippen molar-refractivity contribution in [1.29, 1.82) is 0 Å². The molecule has 1 saturated heterocycles. The van der Waals surface area contributed by atoms with Crippen molar-refractivity contribution in [2.24, 2.45) is 0 Å². The summed E-state index contributed by atoms with van der Waals surface area (Å²) in [6.45, 7) is 1.62. The number of aliphatic hydroxyl groups excluding tert-OH is 1. The molecule has 0 aromatic carbocycles. The largest absolute Gasteiger partial charge is 0.490 e. The summed E-state index contributed by atoms with van der Waals surface area (Å²) in [5.41, 5.74) is -1.59. The van der Waals surface area contributed by atoms with E-state index in [1.807, 2.05) is 0 Å². The third kappa shape index (κ3) is 5.47. The van der Waals surface area contributed by atoms with Crippen molar-refractivity contribution < 1.29 is 60.6 Å². The van der Waals surface area contributed by atoms with Crippen LogP contribution in [0.25, 0.3) is 5.65 Å². The maximum absolute atomic E-state index is 15.3. The van der Waals surface area contributed by atoms with Gasteiger partial charge in [0.15, 0.2) is 11.3 Å². The summed E-state index contributed by atoms with van der Waals surface area (Å²) < 4.78 is 67.4. The summed E-state index contributed by atoms with van der Waals surface area (Å²) in [6.07, 6.45) is -2.50. The molecule has 3 heterocycles. The van der Waals surface area contributed by atoms with Crippen LogP contribution in [0.1, 0.15) is 24.4 Å². The molecule has 0 saturated carbocycles. The molecule has 0 radical (unpaired) electrons. The number of rotatable bonds is 8. The minimum Gasteiger partial charge on any atom is -0.387 e.